The molecule has 1 atom stereocenters. The number of benzene rings is 2. The van der Waals surface area contributed by atoms with E-state index in [0.29, 0.717) is 21.1 Å². The van der Waals surface area contributed by atoms with E-state index in [4.69, 9.17) is 4.74 Å². The summed E-state index contributed by atoms with van der Waals surface area (Å²) in [5.74, 6) is 1.87. The second-order valence-corrected chi connectivity index (χ2v) is 9.68. The molecule has 0 aliphatic heterocycles. The van der Waals surface area contributed by atoms with Crippen molar-refractivity contribution < 1.29 is 4.74 Å². The van der Waals surface area contributed by atoms with E-state index in [9.17, 15) is 0 Å². The van der Waals surface area contributed by atoms with Crippen molar-refractivity contribution in [1.82, 2.24) is 0 Å². The summed E-state index contributed by atoms with van der Waals surface area (Å²) in [6.45, 7) is 4.42. The standard InChI is InChI=1S/C24H32OSe/c1-3-4-5-6-24(22-13-14-22)25-23-15-11-21(12-16-23)18-26-17-20-9-7-19(2)8-10-20/h7-12,15-16,22,24H,3-6,13-14,17-18H2,1-2H3. The molecule has 26 heavy (non-hydrogen) atoms. The Labute approximate surface area is 165 Å². The van der Waals surface area contributed by atoms with Gasteiger partial charge in [0.2, 0.25) is 0 Å². The topological polar surface area (TPSA) is 9.23 Å². The zero-order valence-corrected chi connectivity index (χ0v) is 18.0. The quantitative estimate of drug-likeness (QED) is 0.317. The summed E-state index contributed by atoms with van der Waals surface area (Å²) < 4.78 is 6.33. The Bertz CT molecular complexity index is 643. The molecule has 1 aliphatic carbocycles. The molecule has 2 aromatic rings. The van der Waals surface area contributed by atoms with E-state index in [0.717, 1.165) is 11.7 Å². The van der Waals surface area contributed by atoms with Crippen molar-refractivity contribution in [2.45, 2.75) is 69.1 Å². The molecule has 0 bridgehead atoms. The Morgan fingerprint density at radius 2 is 1.54 bits per heavy atom. The van der Waals surface area contributed by atoms with Gasteiger partial charge in [0.05, 0.1) is 0 Å². The number of unbranched alkanes of at least 4 members (excludes halogenated alkanes) is 2. The van der Waals surface area contributed by atoms with Crippen LogP contribution in [0.4, 0.5) is 0 Å². The van der Waals surface area contributed by atoms with Crippen molar-refractivity contribution >= 4 is 15.0 Å². The van der Waals surface area contributed by atoms with Crippen LogP contribution in [0.3, 0.4) is 0 Å². The first-order valence-corrected chi connectivity index (χ1v) is 12.6. The summed E-state index contributed by atoms with van der Waals surface area (Å²) in [5.41, 5.74) is 4.25. The van der Waals surface area contributed by atoms with Crippen LogP contribution in [0.2, 0.25) is 0 Å². The van der Waals surface area contributed by atoms with E-state index in [1.165, 1.54) is 65.9 Å². The minimum atomic E-state index is 0.443. The van der Waals surface area contributed by atoms with Crippen molar-refractivity contribution in [2.75, 3.05) is 0 Å². The van der Waals surface area contributed by atoms with Gasteiger partial charge in [-0.15, -0.1) is 0 Å². The molecule has 0 aromatic heterocycles. The summed E-state index contributed by atoms with van der Waals surface area (Å²) >= 11 is 0.619. The molecule has 3 rings (SSSR count). The fourth-order valence-corrected chi connectivity index (χ4v) is 5.28. The van der Waals surface area contributed by atoms with E-state index in [1.54, 1.807) is 0 Å². The molecular formula is C24H32OSe. The zero-order valence-electron chi connectivity index (χ0n) is 16.2. The van der Waals surface area contributed by atoms with E-state index in [1.807, 2.05) is 0 Å². The predicted molar refractivity (Wildman–Crippen MR) is 112 cm³/mol. The van der Waals surface area contributed by atoms with Crippen LogP contribution in [0.1, 0.15) is 62.1 Å². The Hall–Kier alpha value is -1.24. The van der Waals surface area contributed by atoms with Crippen LogP contribution in [0.15, 0.2) is 48.5 Å². The molecule has 0 amide bonds. The van der Waals surface area contributed by atoms with Crippen molar-refractivity contribution in [2.24, 2.45) is 5.92 Å². The van der Waals surface area contributed by atoms with Crippen molar-refractivity contribution in [1.29, 1.82) is 0 Å². The molecule has 0 spiro atoms. The molecule has 0 saturated heterocycles. The molecule has 0 N–H and O–H groups in total. The summed E-state index contributed by atoms with van der Waals surface area (Å²) in [6.07, 6.45) is 8.30. The van der Waals surface area contributed by atoms with E-state index < -0.39 is 0 Å². The van der Waals surface area contributed by atoms with Crippen LogP contribution in [-0.4, -0.2) is 21.1 Å². The van der Waals surface area contributed by atoms with Crippen LogP contribution in [0.25, 0.3) is 0 Å². The third kappa shape index (κ3) is 6.49. The zero-order chi connectivity index (χ0) is 18.2. The molecule has 0 radical (unpaired) electrons. The summed E-state index contributed by atoms with van der Waals surface area (Å²) in [6, 6.07) is 17.9. The SMILES string of the molecule is CCCCCC(Oc1ccc(C[Se]Cc2ccc(C)cc2)cc1)C1CC1. The van der Waals surface area contributed by atoms with Crippen molar-refractivity contribution in [3.05, 3.63) is 65.2 Å². The Balaban J connectivity index is 1.44. The van der Waals surface area contributed by atoms with Gasteiger partial charge in [0.1, 0.15) is 0 Å². The van der Waals surface area contributed by atoms with Gasteiger partial charge in [0.25, 0.3) is 0 Å². The minimum absolute atomic E-state index is 0.443. The Morgan fingerprint density at radius 3 is 2.12 bits per heavy atom. The summed E-state index contributed by atoms with van der Waals surface area (Å²) in [5, 5.41) is 2.41. The molecule has 140 valence electrons. The molecule has 2 aromatic carbocycles. The second kappa shape index (κ2) is 10.2. The molecule has 1 unspecified atom stereocenters. The first-order chi connectivity index (χ1) is 12.7. The second-order valence-electron chi connectivity index (χ2n) is 7.61. The molecule has 0 heterocycles. The van der Waals surface area contributed by atoms with Gasteiger partial charge in [-0.25, -0.2) is 0 Å². The fourth-order valence-electron chi connectivity index (χ4n) is 3.26. The molecule has 1 aliphatic rings. The average Bonchev–Trinajstić information content (AvgIpc) is 3.49. The third-order valence-electron chi connectivity index (χ3n) is 5.11. The summed E-state index contributed by atoms with van der Waals surface area (Å²) in [7, 11) is 0. The first kappa shape index (κ1) is 19.5. The first-order valence-electron chi connectivity index (χ1n) is 10.1. The van der Waals surface area contributed by atoms with Crippen molar-refractivity contribution in [3.63, 3.8) is 0 Å². The number of hydrogen-bond donors (Lipinski definition) is 0. The normalized spacial score (nSPS) is 15.0. The Kier molecular flexibility index (Phi) is 7.65. The average molecular weight is 415 g/mol. The van der Waals surface area contributed by atoms with Crippen LogP contribution in [-0.2, 0) is 10.6 Å². The van der Waals surface area contributed by atoms with Crippen LogP contribution < -0.4 is 4.74 Å². The van der Waals surface area contributed by atoms with Gasteiger partial charge in [0.15, 0.2) is 0 Å². The van der Waals surface area contributed by atoms with Gasteiger partial charge in [-0.3, -0.25) is 0 Å². The van der Waals surface area contributed by atoms with E-state index in [2.05, 4.69) is 62.4 Å². The maximum absolute atomic E-state index is 6.33. The van der Waals surface area contributed by atoms with E-state index in [-0.39, 0.29) is 0 Å². The van der Waals surface area contributed by atoms with Gasteiger partial charge in [-0.05, 0) is 0 Å². The van der Waals surface area contributed by atoms with Gasteiger partial charge in [-0.2, -0.15) is 0 Å². The predicted octanol–water partition coefficient (Wildman–Crippen LogP) is 6.14. The monoisotopic (exact) mass is 416 g/mol. The van der Waals surface area contributed by atoms with Crippen LogP contribution >= 0.6 is 0 Å². The molecule has 2 heteroatoms. The maximum atomic E-state index is 6.33. The molecular weight excluding hydrogens is 383 g/mol. The number of rotatable bonds is 11. The molecule has 1 fully saturated rings. The van der Waals surface area contributed by atoms with Gasteiger partial charge >= 0.3 is 166 Å². The number of hydrogen-bond acceptors (Lipinski definition) is 1. The van der Waals surface area contributed by atoms with E-state index >= 15 is 0 Å². The third-order valence-corrected chi connectivity index (χ3v) is 7.36. The molecule has 1 saturated carbocycles. The summed E-state index contributed by atoms with van der Waals surface area (Å²) in [4.78, 5) is 0. The number of ether oxygens (including phenoxy) is 1. The van der Waals surface area contributed by atoms with Gasteiger partial charge < -0.3 is 0 Å². The van der Waals surface area contributed by atoms with Crippen LogP contribution in [0.5, 0.6) is 5.75 Å². The van der Waals surface area contributed by atoms with Crippen LogP contribution in [0, 0.1) is 12.8 Å². The van der Waals surface area contributed by atoms with Crippen molar-refractivity contribution in [3.8, 4) is 5.75 Å². The van der Waals surface area contributed by atoms with Gasteiger partial charge in [-0.1, -0.05) is 0 Å². The molecule has 1 nitrogen and oxygen atoms in total. The Morgan fingerprint density at radius 1 is 0.923 bits per heavy atom. The van der Waals surface area contributed by atoms with Gasteiger partial charge in [0, 0.05) is 0 Å². The number of aryl methyl sites for hydroxylation is 1. The fraction of sp³-hybridized carbons (Fsp3) is 0.500.